The van der Waals surface area contributed by atoms with Gasteiger partial charge in [0.15, 0.2) is 5.78 Å². The third kappa shape index (κ3) is 5.49. The number of hydrogen-bond donors (Lipinski definition) is 0. The van der Waals surface area contributed by atoms with Crippen LogP contribution in [0.5, 0.6) is 5.88 Å². The number of ketones is 1. The van der Waals surface area contributed by atoms with Gasteiger partial charge in [-0.05, 0) is 24.6 Å². The Hall–Kier alpha value is -0.986. The Labute approximate surface area is 156 Å². The SMILES string of the molecule is CCC(=O)c1cc([Si](C)(C)C)nc(OC)c1C(O[Si](C)C)C(C)(C)C. The first-order valence-electron chi connectivity index (χ1n) is 8.92. The Morgan fingerprint density at radius 1 is 1.28 bits per heavy atom. The van der Waals surface area contributed by atoms with Gasteiger partial charge in [0, 0.05) is 17.3 Å². The van der Waals surface area contributed by atoms with E-state index in [-0.39, 0.29) is 17.3 Å². The Balaban J connectivity index is 3.78. The van der Waals surface area contributed by atoms with Gasteiger partial charge >= 0.3 is 0 Å². The average Bonchev–Trinajstić information content (AvgIpc) is 2.48. The van der Waals surface area contributed by atoms with E-state index in [1.165, 1.54) is 0 Å². The molecular formula is C19H34NO3Si2. The minimum Gasteiger partial charge on any atom is -0.481 e. The van der Waals surface area contributed by atoms with Crippen molar-refractivity contribution in [3.63, 3.8) is 0 Å². The van der Waals surface area contributed by atoms with Crippen molar-refractivity contribution in [3.05, 3.63) is 17.2 Å². The van der Waals surface area contributed by atoms with Crippen molar-refractivity contribution in [3.8, 4) is 5.88 Å². The molecule has 0 amide bonds. The van der Waals surface area contributed by atoms with E-state index >= 15 is 0 Å². The smallest absolute Gasteiger partial charge is 0.219 e. The molecule has 0 spiro atoms. The van der Waals surface area contributed by atoms with Crippen molar-refractivity contribution in [2.45, 2.75) is 73.0 Å². The molecule has 0 saturated carbocycles. The number of pyridine rings is 1. The molecule has 1 heterocycles. The van der Waals surface area contributed by atoms with Crippen molar-refractivity contribution in [1.82, 2.24) is 4.98 Å². The topological polar surface area (TPSA) is 48.4 Å². The molecule has 1 radical (unpaired) electrons. The maximum Gasteiger partial charge on any atom is 0.219 e. The fourth-order valence-corrected chi connectivity index (χ4v) is 4.61. The summed E-state index contributed by atoms with van der Waals surface area (Å²) in [6, 6.07) is 2.00. The van der Waals surface area contributed by atoms with Crippen LogP contribution in [0.1, 0.15) is 56.1 Å². The van der Waals surface area contributed by atoms with E-state index in [1.807, 2.05) is 13.0 Å². The lowest BCUT2D eigenvalue weighted by Gasteiger charge is -2.35. The van der Waals surface area contributed by atoms with Gasteiger partial charge in [0.2, 0.25) is 14.9 Å². The van der Waals surface area contributed by atoms with E-state index in [4.69, 9.17) is 14.1 Å². The number of nitrogens with zero attached hydrogens (tertiary/aromatic N) is 1. The molecule has 4 nitrogen and oxygen atoms in total. The maximum absolute atomic E-state index is 12.8. The highest BCUT2D eigenvalue weighted by molar-refractivity contribution is 6.88. The standard InChI is InChI=1S/C19H34NO3Si2/c1-11-14(21)13-12-15(25(8,9)10)20-18(22-5)16(13)17(19(2,3)4)23-24(6)7/h12,17H,11H2,1-10H3. The number of aromatic nitrogens is 1. The summed E-state index contributed by atoms with van der Waals surface area (Å²) in [5.41, 5.74) is 1.37. The summed E-state index contributed by atoms with van der Waals surface area (Å²) in [6.45, 7) is 19.2. The molecule has 0 saturated heterocycles. The van der Waals surface area contributed by atoms with Crippen molar-refractivity contribution >= 4 is 28.2 Å². The Morgan fingerprint density at radius 2 is 1.84 bits per heavy atom. The zero-order valence-electron chi connectivity index (χ0n) is 17.5. The largest absolute Gasteiger partial charge is 0.481 e. The van der Waals surface area contributed by atoms with Gasteiger partial charge in [-0.3, -0.25) is 4.79 Å². The molecule has 0 aliphatic carbocycles. The molecule has 0 aliphatic rings. The van der Waals surface area contributed by atoms with Crippen LogP contribution in [0.15, 0.2) is 6.07 Å². The van der Waals surface area contributed by atoms with Crippen LogP contribution >= 0.6 is 0 Å². The number of hydrogen-bond acceptors (Lipinski definition) is 4. The molecule has 6 heteroatoms. The second-order valence-electron chi connectivity index (χ2n) is 8.78. The number of carbonyl (C=O) groups is 1. The lowest BCUT2D eigenvalue weighted by atomic mass is 9.82. The first kappa shape index (κ1) is 22.1. The molecular weight excluding hydrogens is 346 g/mol. The monoisotopic (exact) mass is 380 g/mol. The Bertz CT molecular complexity index is 616. The van der Waals surface area contributed by atoms with Crippen LogP contribution < -0.4 is 10.1 Å². The average molecular weight is 381 g/mol. The first-order valence-corrected chi connectivity index (χ1v) is 14.8. The molecule has 25 heavy (non-hydrogen) atoms. The summed E-state index contributed by atoms with van der Waals surface area (Å²) in [6.07, 6.45) is 0.234. The summed E-state index contributed by atoms with van der Waals surface area (Å²) in [7, 11) is -1.02. The predicted octanol–water partition coefficient (Wildman–Crippen LogP) is 4.58. The summed E-state index contributed by atoms with van der Waals surface area (Å²) < 4.78 is 12.0. The fourth-order valence-electron chi connectivity index (χ4n) is 2.65. The Morgan fingerprint density at radius 3 is 2.20 bits per heavy atom. The minimum atomic E-state index is -1.68. The molecule has 1 aromatic heterocycles. The highest BCUT2D eigenvalue weighted by Crippen LogP contribution is 2.42. The third-order valence-corrected chi connectivity index (χ3v) is 6.51. The Kier molecular flexibility index (Phi) is 7.18. The number of ether oxygens (including phenoxy) is 1. The second kappa shape index (κ2) is 8.14. The van der Waals surface area contributed by atoms with Gasteiger partial charge in [-0.2, -0.15) is 0 Å². The van der Waals surface area contributed by atoms with Crippen molar-refractivity contribution in [1.29, 1.82) is 0 Å². The number of methoxy groups -OCH3 is 1. The van der Waals surface area contributed by atoms with Crippen molar-refractivity contribution in [2.75, 3.05) is 7.11 Å². The summed E-state index contributed by atoms with van der Waals surface area (Å²) >= 11 is 0. The van der Waals surface area contributed by atoms with Gasteiger partial charge in [0.25, 0.3) is 0 Å². The van der Waals surface area contributed by atoms with Gasteiger partial charge in [0.05, 0.1) is 18.8 Å². The van der Waals surface area contributed by atoms with Gasteiger partial charge in [0.1, 0.15) is 8.07 Å². The van der Waals surface area contributed by atoms with Crippen molar-refractivity contribution in [2.24, 2.45) is 5.41 Å². The van der Waals surface area contributed by atoms with Gasteiger partial charge < -0.3 is 9.16 Å². The van der Waals surface area contributed by atoms with E-state index in [1.54, 1.807) is 7.11 Å². The molecule has 1 unspecified atom stereocenters. The highest BCUT2D eigenvalue weighted by Gasteiger charge is 2.36. The summed E-state index contributed by atoms with van der Waals surface area (Å²) in [4.78, 5) is 17.6. The number of rotatable bonds is 7. The third-order valence-electron chi connectivity index (χ3n) is 4.01. The summed E-state index contributed by atoms with van der Waals surface area (Å²) in [5.74, 6) is 0.661. The highest BCUT2D eigenvalue weighted by atomic mass is 28.3. The zero-order valence-corrected chi connectivity index (χ0v) is 19.5. The van der Waals surface area contributed by atoms with E-state index in [2.05, 4.69) is 53.5 Å². The van der Waals surface area contributed by atoms with E-state index in [0.717, 1.165) is 16.4 Å². The van der Waals surface area contributed by atoms with Crippen LogP contribution in [0.3, 0.4) is 0 Å². The molecule has 0 bridgehead atoms. The second-order valence-corrected chi connectivity index (χ2v) is 15.8. The predicted molar refractivity (Wildman–Crippen MR) is 109 cm³/mol. The van der Waals surface area contributed by atoms with Crippen LogP contribution in [0.25, 0.3) is 0 Å². The van der Waals surface area contributed by atoms with Crippen LogP contribution in [-0.2, 0) is 4.43 Å². The van der Waals surface area contributed by atoms with Gasteiger partial charge in [-0.15, -0.1) is 0 Å². The van der Waals surface area contributed by atoms with Crippen LogP contribution in [0, 0.1) is 5.41 Å². The maximum atomic E-state index is 12.8. The molecule has 0 N–H and O–H groups in total. The molecule has 1 atom stereocenters. The van der Waals surface area contributed by atoms with Crippen LogP contribution in [0.2, 0.25) is 32.7 Å². The van der Waals surface area contributed by atoms with Crippen LogP contribution in [0.4, 0.5) is 0 Å². The minimum absolute atomic E-state index is 0.119. The number of Topliss-reactive ketones (excluding diaryl/α,β-unsaturated/α-hetero) is 1. The van der Waals surface area contributed by atoms with E-state index < -0.39 is 17.1 Å². The number of carbonyl (C=O) groups excluding carboxylic acids is 1. The molecule has 0 aliphatic heterocycles. The quantitative estimate of drug-likeness (QED) is 0.513. The fraction of sp³-hybridized carbons (Fsp3) is 0.684. The lowest BCUT2D eigenvalue weighted by Crippen LogP contribution is -2.41. The summed E-state index contributed by atoms with van der Waals surface area (Å²) in [5, 5.41) is 0.996. The molecule has 0 fully saturated rings. The van der Waals surface area contributed by atoms with Crippen molar-refractivity contribution < 1.29 is 14.0 Å². The lowest BCUT2D eigenvalue weighted by molar-refractivity contribution is 0.0802. The molecule has 1 aromatic rings. The molecule has 1 rings (SSSR count). The zero-order chi connectivity index (χ0) is 19.6. The normalized spacial score (nSPS) is 13.9. The van der Waals surface area contributed by atoms with Gasteiger partial charge in [-0.1, -0.05) is 47.3 Å². The van der Waals surface area contributed by atoms with E-state index in [9.17, 15) is 4.79 Å². The first-order chi connectivity index (χ1) is 11.3. The van der Waals surface area contributed by atoms with Crippen LogP contribution in [-0.4, -0.2) is 35.0 Å². The molecule has 141 valence electrons. The van der Waals surface area contributed by atoms with Gasteiger partial charge in [-0.25, -0.2) is 4.98 Å². The molecule has 0 aromatic carbocycles. The van der Waals surface area contributed by atoms with E-state index in [0.29, 0.717) is 12.3 Å².